The van der Waals surface area contributed by atoms with E-state index in [1.54, 1.807) is 12.1 Å². The summed E-state index contributed by atoms with van der Waals surface area (Å²) in [5.41, 5.74) is 2.15. The van der Waals surface area contributed by atoms with Crippen molar-refractivity contribution in [3.05, 3.63) is 69.9 Å². The number of nitrogens with one attached hydrogen (secondary N) is 1. The molecule has 0 heterocycles. The summed E-state index contributed by atoms with van der Waals surface area (Å²) in [6.07, 6.45) is 2.05. The Kier molecular flexibility index (Phi) is 4.18. The summed E-state index contributed by atoms with van der Waals surface area (Å²) in [6.45, 7) is 0.877. The van der Waals surface area contributed by atoms with E-state index in [9.17, 15) is 4.39 Å². The fraction of sp³-hybridized carbons (Fsp3) is 0.294. The number of benzene rings is 2. The molecule has 0 bridgehead atoms. The molecular formula is C17H17BrFN. The molecule has 104 valence electrons. The van der Waals surface area contributed by atoms with Gasteiger partial charge in [-0.3, -0.25) is 0 Å². The monoisotopic (exact) mass is 333 g/mol. The van der Waals surface area contributed by atoms with Crippen molar-refractivity contribution in [2.45, 2.75) is 31.3 Å². The molecule has 0 amide bonds. The summed E-state index contributed by atoms with van der Waals surface area (Å²) < 4.78 is 14.8. The van der Waals surface area contributed by atoms with Gasteiger partial charge in [-0.05, 0) is 48.1 Å². The van der Waals surface area contributed by atoms with Gasteiger partial charge in [0.15, 0.2) is 0 Å². The first kappa shape index (κ1) is 13.8. The third kappa shape index (κ3) is 3.10. The quantitative estimate of drug-likeness (QED) is 0.860. The third-order valence-electron chi connectivity index (χ3n) is 3.99. The van der Waals surface area contributed by atoms with Crippen LogP contribution in [0.2, 0.25) is 0 Å². The number of halogens is 2. The molecular weight excluding hydrogens is 317 g/mol. The van der Waals surface area contributed by atoms with Crippen molar-refractivity contribution in [2.24, 2.45) is 0 Å². The van der Waals surface area contributed by atoms with Gasteiger partial charge in [0.05, 0.1) is 0 Å². The van der Waals surface area contributed by atoms with Gasteiger partial charge in [0.2, 0.25) is 0 Å². The zero-order valence-corrected chi connectivity index (χ0v) is 12.7. The maximum atomic E-state index is 13.7. The molecule has 2 aromatic rings. The maximum Gasteiger partial charge on any atom is 0.126 e. The fourth-order valence-electron chi connectivity index (χ4n) is 2.71. The Balaban J connectivity index is 1.49. The molecule has 0 saturated heterocycles. The van der Waals surface area contributed by atoms with E-state index in [1.807, 2.05) is 12.1 Å². The molecule has 3 heteroatoms. The minimum atomic E-state index is -0.0659. The molecule has 1 aliphatic carbocycles. The van der Waals surface area contributed by atoms with Gasteiger partial charge >= 0.3 is 0 Å². The Morgan fingerprint density at radius 3 is 2.45 bits per heavy atom. The molecule has 1 N–H and O–H groups in total. The van der Waals surface area contributed by atoms with Gasteiger partial charge < -0.3 is 5.32 Å². The largest absolute Gasteiger partial charge is 0.310 e. The van der Waals surface area contributed by atoms with Gasteiger partial charge in [0.25, 0.3) is 0 Å². The third-order valence-corrected chi connectivity index (χ3v) is 4.52. The molecule has 1 fully saturated rings. The maximum absolute atomic E-state index is 13.7. The molecule has 0 aromatic heterocycles. The summed E-state index contributed by atoms with van der Waals surface area (Å²) >= 11 is 3.43. The first-order valence-corrected chi connectivity index (χ1v) is 7.74. The lowest BCUT2D eigenvalue weighted by molar-refractivity contribution is 0.284. The molecule has 1 saturated carbocycles. The Bertz CT molecular complexity index is 576. The SMILES string of the molecule is Fc1ccccc1C1CC(NCc2ccc(Br)cc2)C1. The van der Waals surface area contributed by atoms with Crippen LogP contribution in [0.1, 0.15) is 29.9 Å². The van der Waals surface area contributed by atoms with Crippen molar-refractivity contribution in [3.63, 3.8) is 0 Å². The van der Waals surface area contributed by atoms with Crippen LogP contribution in [-0.4, -0.2) is 6.04 Å². The average Bonchev–Trinajstić information content (AvgIpc) is 2.41. The van der Waals surface area contributed by atoms with E-state index in [1.165, 1.54) is 5.56 Å². The molecule has 0 spiro atoms. The van der Waals surface area contributed by atoms with Gasteiger partial charge in [-0.15, -0.1) is 0 Å². The Morgan fingerprint density at radius 1 is 1.05 bits per heavy atom. The van der Waals surface area contributed by atoms with Crippen molar-refractivity contribution in [1.82, 2.24) is 5.32 Å². The van der Waals surface area contributed by atoms with Gasteiger partial charge in [-0.25, -0.2) is 4.39 Å². The van der Waals surface area contributed by atoms with E-state index >= 15 is 0 Å². The zero-order valence-electron chi connectivity index (χ0n) is 11.2. The van der Waals surface area contributed by atoms with Gasteiger partial charge in [0.1, 0.15) is 5.82 Å². The van der Waals surface area contributed by atoms with Crippen molar-refractivity contribution < 1.29 is 4.39 Å². The standard InChI is InChI=1S/C17H17BrFN/c18-14-7-5-12(6-8-14)11-20-15-9-13(10-15)16-3-1-2-4-17(16)19/h1-8,13,15,20H,9-11H2. The zero-order chi connectivity index (χ0) is 13.9. The summed E-state index contributed by atoms with van der Waals surface area (Å²) in [5, 5.41) is 3.54. The molecule has 0 atom stereocenters. The molecule has 2 aromatic carbocycles. The van der Waals surface area contributed by atoms with Gasteiger partial charge in [-0.2, -0.15) is 0 Å². The molecule has 0 radical (unpaired) electrons. The van der Waals surface area contributed by atoms with Crippen LogP contribution in [0.4, 0.5) is 4.39 Å². The first-order chi connectivity index (χ1) is 9.72. The normalized spacial score (nSPS) is 21.5. The van der Waals surface area contributed by atoms with E-state index < -0.39 is 0 Å². The average molecular weight is 334 g/mol. The molecule has 0 unspecified atom stereocenters. The van der Waals surface area contributed by atoms with E-state index in [0.29, 0.717) is 12.0 Å². The van der Waals surface area contributed by atoms with Crippen molar-refractivity contribution in [3.8, 4) is 0 Å². The fourth-order valence-corrected chi connectivity index (χ4v) is 2.97. The number of hydrogen-bond acceptors (Lipinski definition) is 1. The van der Waals surface area contributed by atoms with Crippen molar-refractivity contribution in [1.29, 1.82) is 0 Å². The lowest BCUT2D eigenvalue weighted by Crippen LogP contribution is -2.39. The lowest BCUT2D eigenvalue weighted by atomic mass is 9.75. The van der Waals surface area contributed by atoms with Crippen LogP contribution in [0, 0.1) is 5.82 Å². The minimum Gasteiger partial charge on any atom is -0.310 e. The minimum absolute atomic E-state index is 0.0659. The second-order valence-corrected chi connectivity index (χ2v) is 6.31. The molecule has 1 aliphatic rings. The highest BCUT2D eigenvalue weighted by atomic mass is 79.9. The smallest absolute Gasteiger partial charge is 0.126 e. The Hall–Kier alpha value is -1.19. The van der Waals surface area contributed by atoms with Crippen LogP contribution in [0.3, 0.4) is 0 Å². The highest BCUT2D eigenvalue weighted by Crippen LogP contribution is 2.38. The molecule has 1 nitrogen and oxygen atoms in total. The predicted octanol–water partition coefficient (Wildman–Crippen LogP) is 4.62. The topological polar surface area (TPSA) is 12.0 Å². The number of rotatable bonds is 4. The van der Waals surface area contributed by atoms with Crippen molar-refractivity contribution in [2.75, 3.05) is 0 Å². The highest BCUT2D eigenvalue weighted by Gasteiger charge is 2.31. The summed E-state index contributed by atoms with van der Waals surface area (Å²) in [7, 11) is 0. The van der Waals surface area contributed by atoms with E-state index in [2.05, 4.69) is 45.5 Å². The van der Waals surface area contributed by atoms with E-state index in [4.69, 9.17) is 0 Å². The molecule has 0 aliphatic heterocycles. The lowest BCUT2D eigenvalue weighted by Gasteiger charge is -2.36. The van der Waals surface area contributed by atoms with Crippen molar-refractivity contribution >= 4 is 15.9 Å². The van der Waals surface area contributed by atoms with Crippen LogP contribution in [-0.2, 0) is 6.54 Å². The second-order valence-electron chi connectivity index (χ2n) is 5.39. The van der Waals surface area contributed by atoms with E-state index in [-0.39, 0.29) is 5.82 Å². The van der Waals surface area contributed by atoms with Gasteiger partial charge in [0, 0.05) is 17.1 Å². The van der Waals surface area contributed by atoms with E-state index in [0.717, 1.165) is 29.4 Å². The first-order valence-electron chi connectivity index (χ1n) is 6.94. The van der Waals surface area contributed by atoms with Crippen LogP contribution >= 0.6 is 15.9 Å². The summed E-state index contributed by atoms with van der Waals surface area (Å²) in [6, 6.07) is 16.0. The Morgan fingerprint density at radius 2 is 1.75 bits per heavy atom. The number of hydrogen-bond donors (Lipinski definition) is 1. The summed E-state index contributed by atoms with van der Waals surface area (Å²) in [4.78, 5) is 0. The van der Waals surface area contributed by atoms with Gasteiger partial charge in [-0.1, -0.05) is 46.3 Å². The predicted molar refractivity (Wildman–Crippen MR) is 83.1 cm³/mol. The Labute approximate surface area is 127 Å². The molecule has 3 rings (SSSR count). The second kappa shape index (κ2) is 6.06. The molecule has 20 heavy (non-hydrogen) atoms. The van der Waals surface area contributed by atoms with Crippen LogP contribution in [0.25, 0.3) is 0 Å². The van der Waals surface area contributed by atoms with Crippen LogP contribution in [0.15, 0.2) is 53.0 Å². The summed E-state index contributed by atoms with van der Waals surface area (Å²) in [5.74, 6) is 0.308. The van der Waals surface area contributed by atoms with Crippen LogP contribution < -0.4 is 5.32 Å². The van der Waals surface area contributed by atoms with Crippen LogP contribution in [0.5, 0.6) is 0 Å². The highest BCUT2D eigenvalue weighted by molar-refractivity contribution is 9.10.